The maximum Gasteiger partial charge on any atom is 0.100 e. The minimum absolute atomic E-state index is 0.139. The van der Waals surface area contributed by atoms with E-state index in [4.69, 9.17) is 30.3 Å². The zero-order valence-electron chi connectivity index (χ0n) is 11.0. The average Bonchev–Trinajstić information content (AvgIpc) is 3.22. The van der Waals surface area contributed by atoms with Gasteiger partial charge in [0.15, 0.2) is 0 Å². The molecule has 0 aromatic heterocycles. The summed E-state index contributed by atoms with van der Waals surface area (Å²) in [5.41, 5.74) is 0. The smallest absolute Gasteiger partial charge is 0.100 e. The Balaban J connectivity index is 0. The van der Waals surface area contributed by atoms with Gasteiger partial charge in [-0.25, -0.2) is 0 Å². The predicted molar refractivity (Wildman–Crippen MR) is 65.2 cm³/mol. The minimum atomic E-state index is -0.954. The standard InChI is InChI=1S/C3H8O3.C3H8O2.C3H6O.C2H4O/c4-1-3(6)2-5;1-3(5)2-4;1-3-2-4-3;1-2-3-1/h3-6H,1-2H2;3-5H,2H2,1H3;3H,2H2,1H3;1-2H2. The molecule has 2 saturated heterocycles. The molecule has 0 aromatic rings. The number of aliphatic hydroxyl groups is 5. The van der Waals surface area contributed by atoms with Crippen LogP contribution in [0.3, 0.4) is 0 Å². The molecule has 2 unspecified atom stereocenters. The second kappa shape index (κ2) is 14.8. The Kier molecular flexibility index (Phi) is 16.5. The molecule has 18 heavy (non-hydrogen) atoms. The van der Waals surface area contributed by atoms with E-state index in [2.05, 4.69) is 11.7 Å². The molecule has 0 saturated carbocycles. The molecule has 2 aliphatic rings. The van der Waals surface area contributed by atoms with Crippen LogP contribution in [0.25, 0.3) is 0 Å². The van der Waals surface area contributed by atoms with Gasteiger partial charge in [0.25, 0.3) is 0 Å². The summed E-state index contributed by atoms with van der Waals surface area (Å²) in [5, 5.41) is 40.0. The number of hydrogen-bond acceptors (Lipinski definition) is 7. The van der Waals surface area contributed by atoms with Gasteiger partial charge >= 0.3 is 0 Å². The predicted octanol–water partition coefficient (Wildman–Crippen LogP) is -1.89. The molecular weight excluding hydrogens is 244 g/mol. The van der Waals surface area contributed by atoms with Crippen molar-refractivity contribution in [3.8, 4) is 0 Å². The normalized spacial score (nSPS) is 20.3. The van der Waals surface area contributed by atoms with Crippen LogP contribution in [-0.4, -0.2) is 83.5 Å². The largest absolute Gasteiger partial charge is 0.394 e. The molecule has 0 spiro atoms. The highest BCUT2D eigenvalue weighted by atomic mass is 16.6. The van der Waals surface area contributed by atoms with Gasteiger partial charge in [-0.2, -0.15) is 0 Å². The Hall–Kier alpha value is -0.280. The Morgan fingerprint density at radius 2 is 1.33 bits per heavy atom. The van der Waals surface area contributed by atoms with E-state index < -0.39 is 12.2 Å². The van der Waals surface area contributed by atoms with E-state index in [0.29, 0.717) is 6.10 Å². The van der Waals surface area contributed by atoms with Gasteiger partial charge in [0.2, 0.25) is 0 Å². The van der Waals surface area contributed by atoms with Crippen molar-refractivity contribution in [1.29, 1.82) is 0 Å². The molecule has 2 aliphatic heterocycles. The highest BCUT2D eigenvalue weighted by molar-refractivity contribution is 4.58. The van der Waals surface area contributed by atoms with Crippen LogP contribution in [0, 0.1) is 0 Å². The van der Waals surface area contributed by atoms with Gasteiger partial charge < -0.3 is 35.0 Å². The van der Waals surface area contributed by atoms with Crippen LogP contribution < -0.4 is 0 Å². The van der Waals surface area contributed by atoms with Crippen molar-refractivity contribution in [2.24, 2.45) is 0 Å². The highest BCUT2D eigenvalue weighted by Crippen LogP contribution is 2.04. The first-order valence-corrected chi connectivity index (χ1v) is 5.85. The molecule has 0 aliphatic carbocycles. The summed E-state index contributed by atoms with van der Waals surface area (Å²) in [6.45, 7) is 5.70. The summed E-state index contributed by atoms with van der Waals surface area (Å²) >= 11 is 0. The van der Waals surface area contributed by atoms with Gasteiger partial charge in [-0.3, -0.25) is 0 Å². The second-order valence-corrected chi connectivity index (χ2v) is 3.81. The monoisotopic (exact) mass is 270 g/mol. The number of aliphatic hydroxyl groups excluding tert-OH is 5. The zero-order chi connectivity index (χ0) is 14.4. The van der Waals surface area contributed by atoms with Gasteiger partial charge in [0.05, 0.1) is 51.8 Å². The quantitative estimate of drug-likeness (QED) is 0.380. The fourth-order valence-electron chi connectivity index (χ4n) is 0.154. The third-order valence-corrected chi connectivity index (χ3v) is 1.39. The number of hydrogen-bond donors (Lipinski definition) is 5. The van der Waals surface area contributed by atoms with Crippen LogP contribution in [-0.2, 0) is 9.47 Å². The molecule has 2 fully saturated rings. The van der Waals surface area contributed by atoms with E-state index in [0.717, 1.165) is 19.8 Å². The third-order valence-electron chi connectivity index (χ3n) is 1.39. The molecule has 7 heteroatoms. The first-order chi connectivity index (χ1) is 8.47. The van der Waals surface area contributed by atoms with E-state index in [9.17, 15) is 0 Å². The van der Waals surface area contributed by atoms with Crippen molar-refractivity contribution in [2.75, 3.05) is 39.6 Å². The molecule has 5 N–H and O–H groups in total. The Labute approximate surface area is 108 Å². The van der Waals surface area contributed by atoms with Crippen molar-refractivity contribution in [3.05, 3.63) is 0 Å². The minimum Gasteiger partial charge on any atom is -0.394 e. The molecule has 112 valence electrons. The topological polar surface area (TPSA) is 126 Å². The molecule has 7 nitrogen and oxygen atoms in total. The van der Waals surface area contributed by atoms with E-state index in [1.54, 1.807) is 0 Å². The molecule has 2 rings (SSSR count). The second-order valence-electron chi connectivity index (χ2n) is 3.81. The maximum absolute atomic E-state index is 8.17. The van der Waals surface area contributed by atoms with Gasteiger partial charge in [-0.15, -0.1) is 0 Å². The fraction of sp³-hybridized carbons (Fsp3) is 1.00. The van der Waals surface area contributed by atoms with Crippen molar-refractivity contribution >= 4 is 0 Å². The zero-order valence-corrected chi connectivity index (χ0v) is 11.0. The van der Waals surface area contributed by atoms with Crippen molar-refractivity contribution in [1.82, 2.24) is 0 Å². The Morgan fingerprint density at radius 1 is 1.06 bits per heavy atom. The lowest BCUT2D eigenvalue weighted by molar-refractivity contribution is 0.0450. The highest BCUT2D eigenvalue weighted by Gasteiger charge is 2.13. The lowest BCUT2D eigenvalue weighted by Gasteiger charge is -1.96. The third kappa shape index (κ3) is 36.1. The van der Waals surface area contributed by atoms with E-state index >= 15 is 0 Å². The van der Waals surface area contributed by atoms with Crippen LogP contribution >= 0.6 is 0 Å². The summed E-state index contributed by atoms with van der Waals surface area (Å²) in [6.07, 6.45) is -0.931. The molecule has 2 atom stereocenters. The first kappa shape index (κ1) is 20.0. The van der Waals surface area contributed by atoms with Gasteiger partial charge in [0, 0.05) is 0 Å². The van der Waals surface area contributed by atoms with Gasteiger partial charge in [-0.05, 0) is 13.8 Å². The molecule has 0 bridgehead atoms. The molecule has 0 aromatic carbocycles. The molecule has 0 amide bonds. The van der Waals surface area contributed by atoms with Gasteiger partial charge in [-0.1, -0.05) is 0 Å². The lowest BCUT2D eigenvalue weighted by Crippen LogP contribution is -2.15. The molecule has 2 heterocycles. The molecule has 0 radical (unpaired) electrons. The van der Waals surface area contributed by atoms with E-state index in [-0.39, 0.29) is 19.8 Å². The number of rotatable bonds is 3. The Bertz CT molecular complexity index is 142. The first-order valence-electron chi connectivity index (χ1n) is 5.85. The summed E-state index contributed by atoms with van der Waals surface area (Å²) in [4.78, 5) is 0. The van der Waals surface area contributed by atoms with Crippen LogP contribution in [0.2, 0.25) is 0 Å². The van der Waals surface area contributed by atoms with E-state index in [1.807, 2.05) is 0 Å². The summed E-state index contributed by atoms with van der Waals surface area (Å²) in [7, 11) is 0. The van der Waals surface area contributed by atoms with E-state index in [1.165, 1.54) is 6.92 Å². The maximum atomic E-state index is 8.17. The summed E-state index contributed by atoms with van der Waals surface area (Å²) in [6, 6.07) is 0. The summed E-state index contributed by atoms with van der Waals surface area (Å²) < 4.78 is 9.21. The van der Waals surface area contributed by atoms with Crippen molar-refractivity contribution in [2.45, 2.75) is 32.2 Å². The number of epoxide rings is 2. The van der Waals surface area contributed by atoms with Gasteiger partial charge in [0.1, 0.15) is 6.10 Å². The lowest BCUT2D eigenvalue weighted by atomic mass is 10.4. The van der Waals surface area contributed by atoms with Crippen molar-refractivity contribution < 1.29 is 35.0 Å². The Morgan fingerprint density at radius 3 is 1.33 bits per heavy atom. The van der Waals surface area contributed by atoms with Crippen molar-refractivity contribution in [3.63, 3.8) is 0 Å². The fourth-order valence-corrected chi connectivity index (χ4v) is 0.154. The van der Waals surface area contributed by atoms with Crippen LogP contribution in [0.1, 0.15) is 13.8 Å². The van der Waals surface area contributed by atoms with Crippen LogP contribution in [0.5, 0.6) is 0 Å². The van der Waals surface area contributed by atoms with Crippen LogP contribution in [0.4, 0.5) is 0 Å². The SMILES string of the molecule is C1CO1.CC(O)CO.CC1CO1.OCC(O)CO. The number of ether oxygens (including phenoxy) is 2. The average molecular weight is 270 g/mol. The summed E-state index contributed by atoms with van der Waals surface area (Å²) in [5.74, 6) is 0. The van der Waals surface area contributed by atoms with Crippen LogP contribution in [0.15, 0.2) is 0 Å². The molecular formula is C11H26O7.